The smallest absolute Gasteiger partial charge is 0.337 e. The number of carboxylic acids is 3. The molecule has 1 rings (SSSR count). The molecule has 0 fully saturated rings. The summed E-state index contributed by atoms with van der Waals surface area (Å²) in [7, 11) is 0. The first-order valence-corrected chi connectivity index (χ1v) is 5.92. The number of anilines is 1. The molecule has 0 bridgehead atoms. The monoisotopic (exact) mass is 281 g/mol. The van der Waals surface area contributed by atoms with Gasteiger partial charge in [-0.3, -0.25) is 9.59 Å². The maximum absolute atomic E-state index is 11.1. The van der Waals surface area contributed by atoms with Crippen LogP contribution < -0.4 is 4.90 Å². The van der Waals surface area contributed by atoms with Gasteiger partial charge in [0, 0.05) is 13.1 Å². The summed E-state index contributed by atoms with van der Waals surface area (Å²) in [4.78, 5) is 33.9. The van der Waals surface area contributed by atoms with Crippen molar-refractivity contribution in [1.82, 2.24) is 0 Å². The van der Waals surface area contributed by atoms with E-state index in [4.69, 9.17) is 15.3 Å². The van der Waals surface area contributed by atoms with Crippen molar-refractivity contribution in [2.75, 3.05) is 18.0 Å². The van der Waals surface area contributed by atoms with Gasteiger partial charge in [0.2, 0.25) is 0 Å². The number of rotatable bonds is 8. The molecule has 20 heavy (non-hydrogen) atoms. The molecule has 0 saturated carbocycles. The van der Waals surface area contributed by atoms with E-state index >= 15 is 0 Å². The summed E-state index contributed by atoms with van der Waals surface area (Å²) in [6, 6.07) is 6.11. The molecule has 3 N–H and O–H groups in total. The van der Waals surface area contributed by atoms with Crippen LogP contribution in [-0.2, 0) is 9.59 Å². The number of nitrogens with zero attached hydrogens (tertiary/aromatic N) is 1. The molecule has 0 spiro atoms. The summed E-state index contributed by atoms with van der Waals surface area (Å²) < 4.78 is 0. The van der Waals surface area contributed by atoms with Crippen LogP contribution in [-0.4, -0.2) is 46.3 Å². The molecule has 0 aliphatic carbocycles. The normalized spacial score (nSPS) is 10.0. The number of aromatic carboxylic acids is 1. The van der Waals surface area contributed by atoms with Crippen LogP contribution in [0.15, 0.2) is 24.3 Å². The standard InChI is InChI=1S/C13H15NO6/c15-11(16)5-7-14(8-6-12(17)18)10-4-2-1-3-9(10)13(19)20/h1-4H,5-8H2,(H,15,16)(H,17,18)(H,19,20). The second-order valence-corrected chi connectivity index (χ2v) is 4.10. The lowest BCUT2D eigenvalue weighted by Gasteiger charge is -2.25. The number of aliphatic carboxylic acids is 2. The highest BCUT2D eigenvalue weighted by Crippen LogP contribution is 2.21. The molecule has 0 atom stereocenters. The van der Waals surface area contributed by atoms with Crippen molar-refractivity contribution in [2.24, 2.45) is 0 Å². The maximum Gasteiger partial charge on any atom is 0.337 e. The molecular formula is C13H15NO6. The Morgan fingerprint density at radius 1 is 0.900 bits per heavy atom. The average molecular weight is 281 g/mol. The van der Waals surface area contributed by atoms with E-state index in [0.717, 1.165) is 0 Å². The van der Waals surface area contributed by atoms with E-state index < -0.39 is 17.9 Å². The average Bonchev–Trinajstić information content (AvgIpc) is 2.38. The van der Waals surface area contributed by atoms with Crippen LogP contribution in [0.25, 0.3) is 0 Å². The third-order valence-electron chi connectivity index (χ3n) is 2.67. The molecule has 0 amide bonds. The Bertz CT molecular complexity index is 495. The lowest BCUT2D eigenvalue weighted by molar-refractivity contribution is -0.137. The van der Waals surface area contributed by atoms with E-state index in [1.807, 2.05) is 0 Å². The number of carbonyl (C=O) groups is 3. The molecule has 0 unspecified atom stereocenters. The SMILES string of the molecule is O=C(O)CCN(CCC(=O)O)c1ccccc1C(=O)O. The molecule has 1 aromatic rings. The van der Waals surface area contributed by atoms with Gasteiger partial charge in [-0.25, -0.2) is 4.79 Å². The quantitative estimate of drug-likeness (QED) is 0.654. The zero-order valence-electron chi connectivity index (χ0n) is 10.7. The summed E-state index contributed by atoms with van der Waals surface area (Å²) in [5.41, 5.74) is 0.339. The third kappa shape index (κ3) is 4.60. The number of hydrogen-bond acceptors (Lipinski definition) is 4. The summed E-state index contributed by atoms with van der Waals surface area (Å²) in [6.45, 7) is 0.0970. The minimum Gasteiger partial charge on any atom is -0.481 e. The first kappa shape index (κ1) is 15.5. The van der Waals surface area contributed by atoms with Gasteiger partial charge in [-0.2, -0.15) is 0 Å². The molecule has 0 saturated heterocycles. The molecule has 7 heteroatoms. The fraction of sp³-hybridized carbons (Fsp3) is 0.308. The minimum absolute atomic E-state index is 0.0169. The van der Waals surface area contributed by atoms with Gasteiger partial charge < -0.3 is 20.2 Å². The van der Waals surface area contributed by atoms with E-state index in [1.165, 1.54) is 17.0 Å². The Hall–Kier alpha value is -2.57. The van der Waals surface area contributed by atoms with Gasteiger partial charge in [0.05, 0.1) is 24.1 Å². The van der Waals surface area contributed by atoms with E-state index in [2.05, 4.69) is 0 Å². The first-order valence-electron chi connectivity index (χ1n) is 5.92. The molecule has 0 radical (unpaired) electrons. The van der Waals surface area contributed by atoms with Gasteiger partial charge in [-0.1, -0.05) is 12.1 Å². The van der Waals surface area contributed by atoms with Crippen LogP contribution in [0.1, 0.15) is 23.2 Å². The Morgan fingerprint density at radius 2 is 1.40 bits per heavy atom. The van der Waals surface area contributed by atoms with Gasteiger partial charge in [0.1, 0.15) is 0 Å². The highest BCUT2D eigenvalue weighted by Gasteiger charge is 2.17. The lowest BCUT2D eigenvalue weighted by atomic mass is 10.1. The highest BCUT2D eigenvalue weighted by molar-refractivity contribution is 5.94. The van der Waals surface area contributed by atoms with E-state index in [9.17, 15) is 14.4 Å². The zero-order valence-corrected chi connectivity index (χ0v) is 10.7. The molecule has 0 aromatic heterocycles. The second kappa shape index (κ2) is 7.13. The van der Waals surface area contributed by atoms with Gasteiger partial charge in [0.25, 0.3) is 0 Å². The summed E-state index contributed by atoms with van der Waals surface area (Å²) in [5.74, 6) is -3.20. The van der Waals surface area contributed by atoms with Crippen LogP contribution in [0, 0.1) is 0 Å². The highest BCUT2D eigenvalue weighted by atomic mass is 16.4. The maximum atomic E-state index is 11.1. The first-order chi connectivity index (χ1) is 9.41. The topological polar surface area (TPSA) is 115 Å². The van der Waals surface area contributed by atoms with Crippen molar-refractivity contribution >= 4 is 23.6 Å². The van der Waals surface area contributed by atoms with Crippen LogP contribution in [0.3, 0.4) is 0 Å². The summed E-state index contributed by atoms with van der Waals surface area (Å²) >= 11 is 0. The Morgan fingerprint density at radius 3 is 1.85 bits per heavy atom. The number of hydrogen-bond donors (Lipinski definition) is 3. The lowest BCUT2D eigenvalue weighted by Crippen LogP contribution is -2.30. The van der Waals surface area contributed by atoms with Crippen molar-refractivity contribution in [3.05, 3.63) is 29.8 Å². The van der Waals surface area contributed by atoms with Crippen LogP contribution in [0.2, 0.25) is 0 Å². The van der Waals surface area contributed by atoms with Crippen molar-refractivity contribution in [2.45, 2.75) is 12.8 Å². The van der Waals surface area contributed by atoms with E-state index in [0.29, 0.717) is 5.69 Å². The molecule has 0 aliphatic rings. The predicted octanol–water partition coefficient (Wildman–Crippen LogP) is 1.14. The van der Waals surface area contributed by atoms with E-state index in [1.54, 1.807) is 12.1 Å². The number of para-hydroxylation sites is 1. The second-order valence-electron chi connectivity index (χ2n) is 4.10. The molecule has 1 aromatic carbocycles. The van der Waals surface area contributed by atoms with Gasteiger partial charge in [-0.05, 0) is 12.1 Å². The fourth-order valence-corrected chi connectivity index (χ4v) is 1.74. The van der Waals surface area contributed by atoms with E-state index in [-0.39, 0.29) is 31.5 Å². The van der Waals surface area contributed by atoms with Gasteiger partial charge in [-0.15, -0.1) is 0 Å². The van der Waals surface area contributed by atoms with Crippen molar-refractivity contribution in [3.63, 3.8) is 0 Å². The molecular weight excluding hydrogens is 266 g/mol. The Labute approximate surface area is 115 Å². The van der Waals surface area contributed by atoms with Gasteiger partial charge in [0.15, 0.2) is 0 Å². The molecule has 0 aliphatic heterocycles. The van der Waals surface area contributed by atoms with Crippen LogP contribution in [0.5, 0.6) is 0 Å². The summed E-state index contributed by atoms with van der Waals surface area (Å²) in [6.07, 6.45) is -0.402. The fourth-order valence-electron chi connectivity index (χ4n) is 1.74. The molecule has 108 valence electrons. The Kier molecular flexibility index (Phi) is 5.52. The third-order valence-corrected chi connectivity index (χ3v) is 2.67. The Balaban J connectivity index is 2.98. The zero-order chi connectivity index (χ0) is 15.1. The van der Waals surface area contributed by atoms with Crippen LogP contribution >= 0.6 is 0 Å². The minimum atomic E-state index is -1.14. The van der Waals surface area contributed by atoms with Crippen molar-refractivity contribution in [1.29, 1.82) is 0 Å². The van der Waals surface area contributed by atoms with Crippen molar-refractivity contribution in [3.8, 4) is 0 Å². The van der Waals surface area contributed by atoms with Crippen molar-refractivity contribution < 1.29 is 29.7 Å². The predicted molar refractivity (Wildman–Crippen MR) is 70.1 cm³/mol. The number of benzene rings is 1. The molecule has 0 heterocycles. The largest absolute Gasteiger partial charge is 0.481 e. The van der Waals surface area contributed by atoms with Gasteiger partial charge >= 0.3 is 17.9 Å². The van der Waals surface area contributed by atoms with Crippen LogP contribution in [0.4, 0.5) is 5.69 Å². The summed E-state index contributed by atoms with van der Waals surface area (Å²) in [5, 5.41) is 26.5. The molecule has 7 nitrogen and oxygen atoms in total. The number of carboxylic acid groups (broad SMARTS) is 3.